The van der Waals surface area contributed by atoms with Crippen LogP contribution < -0.4 is 9.64 Å². The van der Waals surface area contributed by atoms with Crippen molar-refractivity contribution < 1.29 is 18.3 Å². The quantitative estimate of drug-likeness (QED) is 0.285. The Morgan fingerprint density at radius 1 is 1.16 bits per heavy atom. The highest BCUT2D eigenvalue weighted by molar-refractivity contribution is 5.94. The summed E-state index contributed by atoms with van der Waals surface area (Å²) in [6.07, 6.45) is 4.01. The molecule has 2 aromatic carbocycles. The van der Waals surface area contributed by atoms with Crippen LogP contribution in [0.1, 0.15) is 30.9 Å². The van der Waals surface area contributed by atoms with Gasteiger partial charge in [0.15, 0.2) is 5.83 Å². The second-order valence-electron chi connectivity index (χ2n) is 12.1. The lowest BCUT2D eigenvalue weighted by Crippen LogP contribution is -2.56. The van der Waals surface area contributed by atoms with Gasteiger partial charge in [0.2, 0.25) is 6.54 Å². The number of rotatable bonds is 7. The number of anilines is 1. The van der Waals surface area contributed by atoms with Gasteiger partial charge in [0.1, 0.15) is 24.3 Å². The van der Waals surface area contributed by atoms with Gasteiger partial charge in [-0.1, -0.05) is 31.7 Å². The molecule has 43 heavy (non-hydrogen) atoms. The molecule has 0 bridgehead atoms. The molecular weight excluding hydrogens is 550 g/mol. The van der Waals surface area contributed by atoms with Crippen molar-refractivity contribution in [1.29, 1.82) is 0 Å². The molecule has 0 saturated carbocycles. The maximum Gasteiger partial charge on any atom is 0.319 e. The Labute approximate surface area is 250 Å². The molecule has 2 saturated heterocycles. The Hall–Kier alpha value is -4.10. The van der Waals surface area contributed by atoms with Crippen molar-refractivity contribution in [2.24, 2.45) is 5.92 Å². The van der Waals surface area contributed by atoms with Crippen molar-refractivity contribution in [3.05, 3.63) is 71.1 Å². The first-order valence-electron chi connectivity index (χ1n) is 14.9. The van der Waals surface area contributed by atoms with Crippen LogP contribution in [0.25, 0.3) is 26.9 Å². The zero-order valence-corrected chi connectivity index (χ0v) is 24.7. The Bertz CT molecular complexity index is 1620. The number of carbonyl (C=O) groups is 1. The van der Waals surface area contributed by atoms with E-state index in [0.717, 1.165) is 37.8 Å². The molecule has 8 nitrogen and oxygen atoms in total. The van der Waals surface area contributed by atoms with Crippen molar-refractivity contribution in [2.75, 3.05) is 51.3 Å². The van der Waals surface area contributed by atoms with E-state index in [1.165, 1.54) is 22.1 Å². The van der Waals surface area contributed by atoms with Crippen LogP contribution in [0.2, 0.25) is 0 Å². The minimum atomic E-state index is -1.06. The molecule has 3 heterocycles. The SMILES string of the molecule is [C-]#[N+]C[C@H]1CN(c2nc(OC[C@@H]3CCCN3C)nc3cc(-c4cccc5c4CC(C)C5)c(F)cc23)CCN1C(=O)C(=C)F. The highest BCUT2D eigenvalue weighted by atomic mass is 19.1. The smallest absolute Gasteiger partial charge is 0.319 e. The van der Waals surface area contributed by atoms with Crippen LogP contribution in [0.5, 0.6) is 6.01 Å². The van der Waals surface area contributed by atoms with Gasteiger partial charge in [-0.25, -0.2) is 15.4 Å². The number of halogens is 2. The Balaban J connectivity index is 1.41. The van der Waals surface area contributed by atoms with Gasteiger partial charge < -0.3 is 24.3 Å². The molecule has 0 N–H and O–H groups in total. The van der Waals surface area contributed by atoms with Crippen LogP contribution in [-0.2, 0) is 17.6 Å². The summed E-state index contributed by atoms with van der Waals surface area (Å²) in [5, 5.41) is 0.517. The lowest BCUT2D eigenvalue weighted by molar-refractivity contribution is -0.131. The van der Waals surface area contributed by atoms with E-state index in [1.54, 1.807) is 6.07 Å². The van der Waals surface area contributed by atoms with E-state index < -0.39 is 17.8 Å². The Kier molecular flexibility index (Phi) is 8.01. The van der Waals surface area contributed by atoms with Gasteiger partial charge in [-0.3, -0.25) is 4.79 Å². The topological polar surface area (TPSA) is 66.2 Å². The number of likely N-dealkylation sites (tertiary alicyclic amines) is 1. The predicted octanol–water partition coefficient (Wildman–Crippen LogP) is 5.06. The van der Waals surface area contributed by atoms with Crippen LogP contribution in [-0.4, -0.2) is 84.1 Å². The Morgan fingerprint density at radius 2 is 2.00 bits per heavy atom. The first-order valence-corrected chi connectivity index (χ1v) is 14.9. The number of hydrogen-bond donors (Lipinski definition) is 0. The molecule has 3 aromatic rings. The normalized spacial score (nSPS) is 22.1. The average molecular weight is 587 g/mol. The average Bonchev–Trinajstić information content (AvgIpc) is 3.59. The second kappa shape index (κ2) is 11.9. The standard InChI is InChI=1S/C33H36F2N6O2/c1-20-13-22-7-5-9-25(26(22)14-20)27-16-30-28(15-29(27)35)31(38-33(37-30)43-19-23-8-6-10-39(23)4)40-11-12-41(32(42)21(2)34)24(18-40)17-36-3/h5,7,9,15-16,20,23-24H,2,6,8,10-14,17-19H2,1,4H3/t20?,23-,24-/m0/s1. The van der Waals surface area contributed by atoms with E-state index in [1.807, 2.05) is 17.0 Å². The monoisotopic (exact) mass is 586 g/mol. The van der Waals surface area contributed by atoms with Gasteiger partial charge in [-0.15, -0.1) is 0 Å². The van der Waals surface area contributed by atoms with E-state index in [9.17, 15) is 9.18 Å². The molecule has 10 heteroatoms. The van der Waals surface area contributed by atoms with Crippen LogP contribution in [0.15, 0.2) is 42.7 Å². The van der Waals surface area contributed by atoms with Crippen LogP contribution >= 0.6 is 0 Å². The van der Waals surface area contributed by atoms with E-state index in [-0.39, 0.29) is 37.5 Å². The fourth-order valence-electron chi connectivity index (χ4n) is 6.83. The summed E-state index contributed by atoms with van der Waals surface area (Å²) in [4.78, 5) is 31.0. The summed E-state index contributed by atoms with van der Waals surface area (Å²) >= 11 is 0. The molecule has 6 rings (SSSR count). The predicted molar refractivity (Wildman–Crippen MR) is 162 cm³/mol. The van der Waals surface area contributed by atoms with Crippen LogP contribution in [0, 0.1) is 18.3 Å². The highest BCUT2D eigenvalue weighted by Gasteiger charge is 2.35. The summed E-state index contributed by atoms with van der Waals surface area (Å²) in [6.45, 7) is 14.9. The molecule has 2 fully saturated rings. The van der Waals surface area contributed by atoms with Crippen molar-refractivity contribution >= 4 is 22.6 Å². The molecule has 1 amide bonds. The first kappa shape index (κ1) is 29.0. The number of ether oxygens (including phenoxy) is 1. The highest BCUT2D eigenvalue weighted by Crippen LogP contribution is 2.39. The fraction of sp³-hybridized carbons (Fsp3) is 0.455. The second-order valence-corrected chi connectivity index (χ2v) is 12.1. The molecule has 1 unspecified atom stereocenters. The third-order valence-corrected chi connectivity index (χ3v) is 9.08. The Morgan fingerprint density at radius 3 is 2.74 bits per heavy atom. The molecule has 0 spiro atoms. The summed E-state index contributed by atoms with van der Waals surface area (Å²) in [7, 11) is 2.08. The minimum Gasteiger partial charge on any atom is -0.462 e. The van der Waals surface area contributed by atoms with Crippen molar-refractivity contribution in [3.8, 4) is 17.1 Å². The number of aromatic nitrogens is 2. The van der Waals surface area contributed by atoms with Crippen molar-refractivity contribution in [1.82, 2.24) is 19.8 Å². The number of likely N-dealkylation sites (N-methyl/N-ethyl adjacent to an activating group) is 1. The summed E-state index contributed by atoms with van der Waals surface area (Å²) in [5.41, 5.74) is 4.36. The van der Waals surface area contributed by atoms with E-state index in [2.05, 4.69) is 36.4 Å². The third-order valence-electron chi connectivity index (χ3n) is 9.08. The van der Waals surface area contributed by atoms with E-state index in [4.69, 9.17) is 21.3 Å². The molecule has 224 valence electrons. The molecule has 0 radical (unpaired) electrons. The molecule has 2 aliphatic heterocycles. The zero-order chi connectivity index (χ0) is 30.2. The molecule has 3 atom stereocenters. The first-order chi connectivity index (χ1) is 20.7. The van der Waals surface area contributed by atoms with Gasteiger partial charge in [0, 0.05) is 36.6 Å². The summed E-state index contributed by atoms with van der Waals surface area (Å²) in [6, 6.07) is 9.22. The number of amides is 1. The maximum atomic E-state index is 16.0. The molecule has 3 aliphatic rings. The zero-order valence-electron chi connectivity index (χ0n) is 24.7. The minimum absolute atomic E-state index is 0.00798. The van der Waals surface area contributed by atoms with Gasteiger partial charge >= 0.3 is 6.01 Å². The van der Waals surface area contributed by atoms with Crippen molar-refractivity contribution in [2.45, 2.75) is 44.7 Å². The summed E-state index contributed by atoms with van der Waals surface area (Å²) in [5.74, 6) is -1.26. The number of benzene rings is 2. The summed E-state index contributed by atoms with van der Waals surface area (Å²) < 4.78 is 36.0. The number of nitrogens with zero attached hydrogens (tertiary/aromatic N) is 6. The van der Waals surface area contributed by atoms with E-state index in [0.29, 0.717) is 41.4 Å². The fourth-order valence-corrected chi connectivity index (χ4v) is 6.83. The molecule has 1 aromatic heterocycles. The number of carbonyl (C=O) groups excluding carboxylic acids is 1. The molecule has 1 aliphatic carbocycles. The van der Waals surface area contributed by atoms with Crippen molar-refractivity contribution in [3.63, 3.8) is 0 Å². The van der Waals surface area contributed by atoms with Gasteiger partial charge in [-0.05, 0) is 74.0 Å². The van der Waals surface area contributed by atoms with Crippen LogP contribution in [0.3, 0.4) is 0 Å². The maximum absolute atomic E-state index is 16.0. The molecular formula is C33H36F2N6O2. The number of hydrogen-bond acceptors (Lipinski definition) is 6. The lowest BCUT2D eigenvalue weighted by atomic mass is 9.95. The van der Waals surface area contributed by atoms with Crippen LogP contribution in [0.4, 0.5) is 14.6 Å². The van der Waals surface area contributed by atoms with Gasteiger partial charge in [0.25, 0.3) is 5.91 Å². The number of fused-ring (bicyclic) bond motifs is 2. The van der Waals surface area contributed by atoms with Gasteiger partial charge in [0.05, 0.1) is 5.52 Å². The number of piperazine rings is 1. The lowest BCUT2D eigenvalue weighted by Gasteiger charge is -2.39. The van der Waals surface area contributed by atoms with Gasteiger partial charge in [-0.2, -0.15) is 9.97 Å². The largest absolute Gasteiger partial charge is 0.462 e. The third kappa shape index (κ3) is 5.66. The van der Waals surface area contributed by atoms with E-state index >= 15 is 4.39 Å².